The number of fused-ring (bicyclic) bond motifs is 2. The number of aromatic nitrogens is 2. The third-order valence-electron chi connectivity index (χ3n) is 5.62. The highest BCUT2D eigenvalue weighted by Gasteiger charge is 2.08. The van der Waals surface area contributed by atoms with Crippen molar-refractivity contribution in [1.29, 1.82) is 0 Å². The molecule has 138 valence electrons. The lowest BCUT2D eigenvalue weighted by Crippen LogP contribution is -2.03. The van der Waals surface area contributed by atoms with E-state index < -0.39 is 0 Å². The Morgan fingerprint density at radius 2 is 1.61 bits per heavy atom. The van der Waals surface area contributed by atoms with Crippen molar-refractivity contribution >= 4 is 12.3 Å². The third kappa shape index (κ3) is 3.65. The number of hydrogen-bond acceptors (Lipinski definition) is 3. The molecule has 2 aromatic carbocycles. The van der Waals surface area contributed by atoms with Crippen molar-refractivity contribution < 1.29 is 0 Å². The highest BCUT2D eigenvalue weighted by molar-refractivity contribution is 5.84. The Hall–Kier alpha value is -3.07. The summed E-state index contributed by atoms with van der Waals surface area (Å²) in [7, 11) is 0. The fourth-order valence-electron chi connectivity index (χ4n) is 3.99. The average Bonchev–Trinajstić information content (AvgIpc) is 3.39. The number of aryl methyl sites for hydroxylation is 4. The van der Waals surface area contributed by atoms with Gasteiger partial charge in [-0.2, -0.15) is 0 Å². The van der Waals surface area contributed by atoms with Gasteiger partial charge in [-0.05, 0) is 71.2 Å². The molecule has 3 nitrogen and oxygen atoms in total. The molecule has 0 saturated heterocycles. The molecule has 0 radical (unpaired) electrons. The van der Waals surface area contributed by atoms with Gasteiger partial charge in [0.15, 0.2) is 0 Å². The van der Waals surface area contributed by atoms with Gasteiger partial charge in [-0.3, -0.25) is 4.99 Å². The molecular formula is C25H23N3. The number of allylic oxidation sites excluding steroid dienone is 1. The lowest BCUT2D eigenvalue weighted by Gasteiger charge is -2.07. The summed E-state index contributed by atoms with van der Waals surface area (Å²) in [6, 6.07) is 15.5. The molecule has 3 aromatic rings. The first-order valence-electron chi connectivity index (χ1n) is 10.0. The van der Waals surface area contributed by atoms with Crippen LogP contribution in [0.2, 0.25) is 0 Å². The normalized spacial score (nSPS) is 13.7. The van der Waals surface area contributed by atoms with Crippen molar-refractivity contribution in [3.63, 3.8) is 0 Å². The fraction of sp³-hybridized carbons (Fsp3) is 0.240. The Balaban J connectivity index is 1.21. The first kappa shape index (κ1) is 17.1. The number of hydrogen-bond donors (Lipinski definition) is 0. The predicted molar refractivity (Wildman–Crippen MR) is 114 cm³/mol. The molecule has 0 atom stereocenters. The molecule has 2 aliphatic rings. The molecule has 28 heavy (non-hydrogen) atoms. The summed E-state index contributed by atoms with van der Waals surface area (Å²) in [5.41, 5.74) is 9.23. The van der Waals surface area contributed by atoms with Crippen LogP contribution < -0.4 is 0 Å². The number of rotatable bonds is 6. The van der Waals surface area contributed by atoms with Crippen LogP contribution in [0.4, 0.5) is 0 Å². The van der Waals surface area contributed by atoms with Crippen molar-refractivity contribution in [2.24, 2.45) is 4.99 Å². The predicted octanol–water partition coefficient (Wildman–Crippen LogP) is 4.55. The maximum Gasteiger partial charge on any atom is 0.128 e. The zero-order valence-corrected chi connectivity index (χ0v) is 15.9. The fourth-order valence-corrected chi connectivity index (χ4v) is 3.99. The van der Waals surface area contributed by atoms with Crippen molar-refractivity contribution in [2.75, 3.05) is 0 Å². The van der Waals surface area contributed by atoms with Crippen molar-refractivity contribution in [3.05, 3.63) is 99.6 Å². The minimum Gasteiger partial charge on any atom is -0.288 e. The quantitative estimate of drug-likeness (QED) is 0.643. The second-order valence-corrected chi connectivity index (χ2v) is 7.61. The second-order valence-electron chi connectivity index (χ2n) is 7.61. The van der Waals surface area contributed by atoms with E-state index in [1.54, 1.807) is 0 Å². The van der Waals surface area contributed by atoms with E-state index in [0.717, 1.165) is 50.2 Å². The molecule has 0 bridgehead atoms. The summed E-state index contributed by atoms with van der Waals surface area (Å²) in [6.07, 6.45) is 13.2. The first-order chi connectivity index (χ1) is 13.8. The standard InChI is InChI=1S/C25H23N3/c1-2-20-8-4-18(14-21(20)3-1)6-10-24-12-13-27-25(28-24)11-7-19-5-9-22-16-26-17-23(22)15-19/h1,3-5,8-9,12-15,17H,2,6-7,10-11,16H2. The van der Waals surface area contributed by atoms with Crippen molar-refractivity contribution in [3.8, 4) is 0 Å². The lowest BCUT2D eigenvalue weighted by molar-refractivity contribution is 0.813. The van der Waals surface area contributed by atoms with Gasteiger partial charge >= 0.3 is 0 Å². The third-order valence-corrected chi connectivity index (χ3v) is 5.62. The van der Waals surface area contributed by atoms with Crippen LogP contribution in [0, 0.1) is 0 Å². The minimum absolute atomic E-state index is 0.821. The molecule has 0 N–H and O–H groups in total. The van der Waals surface area contributed by atoms with Gasteiger partial charge in [0.2, 0.25) is 0 Å². The molecule has 5 rings (SSSR count). The summed E-state index contributed by atoms with van der Waals surface area (Å²) in [5, 5.41) is 0. The van der Waals surface area contributed by atoms with Gasteiger partial charge in [0.25, 0.3) is 0 Å². The number of benzene rings is 2. The average molecular weight is 365 g/mol. The van der Waals surface area contributed by atoms with Crippen LogP contribution >= 0.6 is 0 Å². The summed E-state index contributed by atoms with van der Waals surface area (Å²) in [4.78, 5) is 13.6. The van der Waals surface area contributed by atoms with Gasteiger partial charge in [-0.25, -0.2) is 9.97 Å². The Morgan fingerprint density at radius 3 is 2.54 bits per heavy atom. The molecule has 0 saturated carbocycles. The Morgan fingerprint density at radius 1 is 0.786 bits per heavy atom. The zero-order chi connectivity index (χ0) is 18.8. The second kappa shape index (κ2) is 7.51. The van der Waals surface area contributed by atoms with Crippen LogP contribution in [0.15, 0.2) is 59.7 Å². The van der Waals surface area contributed by atoms with Gasteiger partial charge in [0.1, 0.15) is 5.82 Å². The highest BCUT2D eigenvalue weighted by atomic mass is 14.9. The van der Waals surface area contributed by atoms with Gasteiger partial charge in [0.05, 0.1) is 6.54 Å². The van der Waals surface area contributed by atoms with E-state index in [2.05, 4.69) is 58.5 Å². The number of aliphatic imine (C=N–C) groups is 1. The number of nitrogens with zero attached hydrogens (tertiary/aromatic N) is 3. The highest BCUT2D eigenvalue weighted by Crippen LogP contribution is 2.21. The van der Waals surface area contributed by atoms with Crippen LogP contribution in [0.3, 0.4) is 0 Å². The van der Waals surface area contributed by atoms with E-state index in [9.17, 15) is 0 Å². The van der Waals surface area contributed by atoms with E-state index in [1.807, 2.05) is 18.5 Å². The van der Waals surface area contributed by atoms with Crippen LogP contribution in [0.1, 0.15) is 44.9 Å². The SMILES string of the molecule is C1=Cc2cc(CCc3ccnc(CCc4ccc5c(c4)C=NC5)n3)ccc2C1. The van der Waals surface area contributed by atoms with E-state index in [4.69, 9.17) is 4.98 Å². The van der Waals surface area contributed by atoms with Crippen LogP contribution in [-0.4, -0.2) is 16.2 Å². The van der Waals surface area contributed by atoms with Gasteiger partial charge < -0.3 is 0 Å². The lowest BCUT2D eigenvalue weighted by atomic mass is 10.0. The molecule has 1 aromatic heterocycles. The molecule has 1 aliphatic carbocycles. The minimum atomic E-state index is 0.821. The van der Waals surface area contributed by atoms with Crippen LogP contribution in [0.25, 0.3) is 6.08 Å². The summed E-state index contributed by atoms with van der Waals surface area (Å²) < 4.78 is 0. The van der Waals surface area contributed by atoms with Crippen LogP contribution in [-0.2, 0) is 38.6 Å². The Kier molecular flexibility index (Phi) is 4.58. The largest absolute Gasteiger partial charge is 0.288 e. The molecular weight excluding hydrogens is 342 g/mol. The Bertz CT molecular complexity index is 996. The molecule has 1 aliphatic heterocycles. The molecule has 0 spiro atoms. The molecule has 0 amide bonds. The molecule has 0 fully saturated rings. The van der Waals surface area contributed by atoms with E-state index in [0.29, 0.717) is 0 Å². The van der Waals surface area contributed by atoms with Crippen molar-refractivity contribution in [1.82, 2.24) is 9.97 Å². The van der Waals surface area contributed by atoms with Crippen LogP contribution in [0.5, 0.6) is 0 Å². The maximum absolute atomic E-state index is 4.80. The zero-order valence-electron chi connectivity index (χ0n) is 15.9. The molecule has 0 unspecified atom stereocenters. The van der Waals surface area contributed by atoms with E-state index >= 15 is 0 Å². The van der Waals surface area contributed by atoms with E-state index in [1.165, 1.54) is 33.4 Å². The smallest absolute Gasteiger partial charge is 0.128 e. The summed E-state index contributed by atoms with van der Waals surface area (Å²) in [5.74, 6) is 0.934. The summed E-state index contributed by atoms with van der Waals surface area (Å²) >= 11 is 0. The summed E-state index contributed by atoms with van der Waals surface area (Å²) in [6.45, 7) is 0.821. The van der Waals surface area contributed by atoms with Gasteiger partial charge in [0, 0.05) is 24.5 Å². The van der Waals surface area contributed by atoms with Gasteiger partial charge in [-0.1, -0.05) is 42.5 Å². The van der Waals surface area contributed by atoms with Gasteiger partial charge in [-0.15, -0.1) is 0 Å². The Labute approximate surface area is 165 Å². The van der Waals surface area contributed by atoms with E-state index in [-0.39, 0.29) is 0 Å². The monoisotopic (exact) mass is 365 g/mol. The molecule has 3 heteroatoms. The topological polar surface area (TPSA) is 38.1 Å². The maximum atomic E-state index is 4.80. The first-order valence-corrected chi connectivity index (χ1v) is 10.0. The van der Waals surface area contributed by atoms with Crippen molar-refractivity contribution in [2.45, 2.75) is 38.6 Å². The molecule has 2 heterocycles.